The maximum absolute atomic E-state index is 12.5. The van der Waals surface area contributed by atoms with Gasteiger partial charge in [-0.15, -0.1) is 0 Å². The van der Waals surface area contributed by atoms with Gasteiger partial charge in [0.1, 0.15) is 0 Å². The smallest absolute Gasteiger partial charge is 0.240 e. The van der Waals surface area contributed by atoms with E-state index in [-0.39, 0.29) is 29.5 Å². The van der Waals surface area contributed by atoms with Gasteiger partial charge in [-0.2, -0.15) is 0 Å². The van der Waals surface area contributed by atoms with E-state index < -0.39 is 10.0 Å². The quantitative estimate of drug-likeness (QED) is 0.501. The Hall–Kier alpha value is -1.48. The topological polar surface area (TPSA) is 93.7 Å². The van der Waals surface area contributed by atoms with Crippen LogP contribution < -0.4 is 10.0 Å². The first-order chi connectivity index (χ1) is 13.8. The number of carbonyl (C=O) groups is 1. The maximum atomic E-state index is 12.5. The number of carbonyl (C=O) groups excluding carboxylic acids is 1. The molecule has 0 bridgehead atoms. The molecular weight excluding hydrogens is 392 g/mol. The Morgan fingerprint density at radius 2 is 1.59 bits per heavy atom. The van der Waals surface area contributed by atoms with E-state index in [0.29, 0.717) is 25.7 Å². The zero-order chi connectivity index (χ0) is 21.3. The fraction of sp³-hybridized carbons (Fsp3) is 0.667. The fourth-order valence-corrected chi connectivity index (χ4v) is 4.80. The number of nitrogens with one attached hydrogen (secondary N) is 2. The van der Waals surface area contributed by atoms with Gasteiger partial charge in [-0.1, -0.05) is 25.0 Å². The lowest BCUT2D eigenvalue weighted by atomic mass is 9.98. The molecule has 1 aliphatic carbocycles. The molecule has 2 rings (SSSR count). The first-order valence-corrected chi connectivity index (χ1v) is 11.8. The van der Waals surface area contributed by atoms with E-state index in [9.17, 15) is 13.2 Å². The molecule has 1 aromatic carbocycles. The van der Waals surface area contributed by atoms with Crippen molar-refractivity contribution in [2.75, 3.05) is 26.4 Å². The van der Waals surface area contributed by atoms with Crippen molar-refractivity contribution in [1.82, 2.24) is 10.0 Å². The summed E-state index contributed by atoms with van der Waals surface area (Å²) in [5.74, 6) is 0.474. The van der Waals surface area contributed by atoms with Crippen LogP contribution >= 0.6 is 0 Å². The van der Waals surface area contributed by atoms with Crippen molar-refractivity contribution in [3.63, 3.8) is 0 Å². The lowest BCUT2D eigenvalue weighted by Gasteiger charge is -2.16. The van der Waals surface area contributed by atoms with E-state index >= 15 is 0 Å². The summed E-state index contributed by atoms with van der Waals surface area (Å²) in [5, 5.41) is 2.73. The second kappa shape index (κ2) is 11.6. The summed E-state index contributed by atoms with van der Waals surface area (Å²) in [5.41, 5.74) is 1.23. The molecule has 0 spiro atoms. The van der Waals surface area contributed by atoms with Crippen molar-refractivity contribution < 1.29 is 22.7 Å². The Morgan fingerprint density at radius 3 is 2.14 bits per heavy atom. The fourth-order valence-electron chi connectivity index (χ4n) is 3.57. The van der Waals surface area contributed by atoms with Crippen LogP contribution in [0.3, 0.4) is 0 Å². The van der Waals surface area contributed by atoms with Gasteiger partial charge in [0.2, 0.25) is 15.9 Å². The van der Waals surface area contributed by atoms with Crippen molar-refractivity contribution in [2.24, 2.45) is 0 Å². The van der Waals surface area contributed by atoms with Gasteiger partial charge < -0.3 is 14.8 Å². The van der Waals surface area contributed by atoms with Crippen LogP contribution in [0.15, 0.2) is 29.2 Å². The average molecular weight is 427 g/mol. The van der Waals surface area contributed by atoms with Crippen LogP contribution in [0.1, 0.15) is 57.9 Å². The second-order valence-corrected chi connectivity index (χ2v) is 9.54. The Morgan fingerprint density at radius 1 is 1.03 bits per heavy atom. The number of rotatable bonds is 12. The number of hydrogen-bond donors (Lipinski definition) is 2. The summed E-state index contributed by atoms with van der Waals surface area (Å²) >= 11 is 0. The Kier molecular flexibility index (Phi) is 9.55. The SMILES string of the molecule is CC(=O)NC(C)COCCOCC(C)NS(=O)(=O)c1ccc(C2CCCC2)cc1. The molecule has 1 aliphatic rings. The molecule has 2 unspecified atom stereocenters. The van der Waals surface area contributed by atoms with Crippen molar-refractivity contribution in [3.05, 3.63) is 29.8 Å². The van der Waals surface area contributed by atoms with E-state index in [4.69, 9.17) is 9.47 Å². The van der Waals surface area contributed by atoms with Gasteiger partial charge in [0, 0.05) is 19.0 Å². The molecule has 0 aliphatic heterocycles. The molecule has 29 heavy (non-hydrogen) atoms. The van der Waals surface area contributed by atoms with Gasteiger partial charge in [0.15, 0.2) is 0 Å². The molecule has 7 nitrogen and oxygen atoms in total. The van der Waals surface area contributed by atoms with Crippen LogP contribution in [0.25, 0.3) is 0 Å². The number of amides is 1. The van der Waals surface area contributed by atoms with Crippen LogP contribution in [0.5, 0.6) is 0 Å². The summed E-state index contributed by atoms with van der Waals surface area (Å²) < 4.78 is 38.7. The number of ether oxygens (including phenoxy) is 2. The molecule has 1 amide bonds. The molecule has 164 valence electrons. The van der Waals surface area contributed by atoms with Crippen LogP contribution in [-0.4, -0.2) is 52.8 Å². The molecule has 0 radical (unpaired) electrons. The van der Waals surface area contributed by atoms with Gasteiger partial charge in [0.25, 0.3) is 0 Å². The van der Waals surface area contributed by atoms with Gasteiger partial charge in [0.05, 0.1) is 31.3 Å². The third-order valence-electron chi connectivity index (χ3n) is 4.93. The predicted octanol–water partition coefficient (Wildman–Crippen LogP) is 2.57. The highest BCUT2D eigenvalue weighted by molar-refractivity contribution is 7.89. The zero-order valence-corrected chi connectivity index (χ0v) is 18.5. The Balaban J connectivity index is 1.68. The number of hydrogen-bond acceptors (Lipinski definition) is 5. The molecule has 0 heterocycles. The van der Waals surface area contributed by atoms with Crippen molar-refractivity contribution in [1.29, 1.82) is 0 Å². The average Bonchev–Trinajstić information content (AvgIpc) is 3.18. The maximum Gasteiger partial charge on any atom is 0.240 e. The molecule has 1 saturated carbocycles. The molecule has 1 fully saturated rings. The molecule has 0 saturated heterocycles. The number of sulfonamides is 1. The first-order valence-electron chi connectivity index (χ1n) is 10.3. The second-order valence-electron chi connectivity index (χ2n) is 7.82. The van der Waals surface area contributed by atoms with E-state index in [1.807, 2.05) is 19.1 Å². The Labute approximate surface area is 174 Å². The molecule has 8 heteroatoms. The van der Waals surface area contributed by atoms with E-state index in [0.717, 1.165) is 0 Å². The van der Waals surface area contributed by atoms with Crippen LogP contribution in [0, 0.1) is 0 Å². The van der Waals surface area contributed by atoms with Crippen molar-refractivity contribution in [2.45, 2.75) is 69.4 Å². The van der Waals surface area contributed by atoms with Gasteiger partial charge in [-0.25, -0.2) is 13.1 Å². The van der Waals surface area contributed by atoms with Crippen LogP contribution in [0.4, 0.5) is 0 Å². The van der Waals surface area contributed by atoms with E-state index in [2.05, 4.69) is 10.0 Å². The highest BCUT2D eigenvalue weighted by Gasteiger charge is 2.20. The summed E-state index contributed by atoms with van der Waals surface area (Å²) in [4.78, 5) is 11.2. The third kappa shape index (κ3) is 8.42. The van der Waals surface area contributed by atoms with Gasteiger partial charge >= 0.3 is 0 Å². The largest absolute Gasteiger partial charge is 0.377 e. The summed E-state index contributed by atoms with van der Waals surface area (Å²) in [7, 11) is -3.57. The lowest BCUT2D eigenvalue weighted by Crippen LogP contribution is -2.36. The van der Waals surface area contributed by atoms with E-state index in [1.54, 1.807) is 19.1 Å². The summed E-state index contributed by atoms with van der Waals surface area (Å²) in [6.45, 7) is 6.49. The van der Waals surface area contributed by atoms with Gasteiger partial charge in [-0.05, 0) is 50.3 Å². The van der Waals surface area contributed by atoms with Crippen molar-refractivity contribution in [3.8, 4) is 0 Å². The molecule has 2 N–H and O–H groups in total. The predicted molar refractivity (Wildman–Crippen MR) is 112 cm³/mol. The normalized spacial score (nSPS) is 17.2. The molecule has 2 atom stereocenters. The minimum Gasteiger partial charge on any atom is -0.377 e. The van der Waals surface area contributed by atoms with Crippen LogP contribution in [0.2, 0.25) is 0 Å². The number of benzene rings is 1. The molecular formula is C21H34N2O5S. The van der Waals surface area contributed by atoms with E-state index in [1.165, 1.54) is 38.2 Å². The first kappa shape index (κ1) is 23.8. The third-order valence-corrected chi connectivity index (χ3v) is 6.54. The van der Waals surface area contributed by atoms with Crippen LogP contribution in [-0.2, 0) is 24.3 Å². The lowest BCUT2D eigenvalue weighted by molar-refractivity contribution is -0.120. The summed E-state index contributed by atoms with van der Waals surface area (Å²) in [6.07, 6.45) is 4.88. The standard InChI is InChI=1S/C21H34N2O5S/c1-16(22-18(3)24)14-27-12-13-28-15-17(2)23-29(25,26)21-10-8-20(9-11-21)19-6-4-5-7-19/h8-11,16-17,19,23H,4-7,12-15H2,1-3H3,(H,22,24). The minimum absolute atomic E-state index is 0.0571. The highest BCUT2D eigenvalue weighted by Crippen LogP contribution is 2.34. The molecule has 0 aromatic heterocycles. The molecule has 1 aromatic rings. The van der Waals surface area contributed by atoms with Gasteiger partial charge in [-0.3, -0.25) is 4.79 Å². The summed E-state index contributed by atoms with van der Waals surface area (Å²) in [6, 6.07) is 6.84. The van der Waals surface area contributed by atoms with Crippen molar-refractivity contribution >= 4 is 15.9 Å². The zero-order valence-electron chi connectivity index (χ0n) is 17.6. The monoisotopic (exact) mass is 426 g/mol. The highest BCUT2D eigenvalue weighted by atomic mass is 32.2. The Bertz CT molecular complexity index is 730. The minimum atomic E-state index is -3.57.